The zero-order valence-electron chi connectivity index (χ0n) is 43.8. The van der Waals surface area contributed by atoms with E-state index in [9.17, 15) is 0 Å². The summed E-state index contributed by atoms with van der Waals surface area (Å²) in [6.07, 6.45) is 5.04. The molecule has 0 saturated carbocycles. The molecule has 2 heterocycles. The Kier molecular flexibility index (Phi) is 13.8. The van der Waals surface area contributed by atoms with Crippen molar-refractivity contribution in [1.82, 2.24) is 0 Å². The minimum Gasteiger partial charge on any atom is -0.398 e. The number of hydrogen-bond acceptors (Lipinski definition) is 4. The lowest BCUT2D eigenvalue weighted by atomic mass is 9.63. The fraction of sp³-hybridized carbons (Fsp3) is 0.375. The van der Waals surface area contributed by atoms with Crippen molar-refractivity contribution in [3.63, 3.8) is 0 Å². The van der Waals surface area contributed by atoms with E-state index in [0.717, 1.165) is 16.9 Å². The summed E-state index contributed by atoms with van der Waals surface area (Å²) in [6, 6.07) is 44.1. The molecule has 0 saturated heterocycles. The molecule has 3 N–H and O–H groups in total. The average Bonchev–Trinajstić information content (AvgIpc) is 3.88. The molecule has 0 amide bonds. The third-order valence-corrected chi connectivity index (χ3v) is 18.1. The third kappa shape index (κ3) is 10.7. The predicted molar refractivity (Wildman–Crippen MR) is 311 cm³/mol. The van der Waals surface area contributed by atoms with Gasteiger partial charge in [0.05, 0.1) is 5.69 Å². The molecule has 2 aromatic heterocycles. The lowest BCUT2D eigenvalue weighted by molar-refractivity contribution is 0.332. The molecule has 2 aliphatic rings. The standard InChI is InChI=1S/C32H37NS.C16H19BrS.C16H19N/c1-30(2,3)22-13-14-27(23(17-22)21-11-9-8-10-12-21)33-28-20-34-29-19-26-25(18-24(28)29)31(4,5)15-16-32(26,6)7;1-15(2)5-6-16(3,4)12-8-14-10(7-11(12)15)13(17)9-18-14;1-16(2,3)13-9-10-15(17)14(11-13)12-7-5-4-6-8-12/h8-14,17-20,33H,15-16H2,1-7H3;7-9H,5-6H2,1-4H3;4-11H,17H2,1-3H3. The van der Waals surface area contributed by atoms with E-state index in [-0.39, 0.29) is 21.7 Å². The van der Waals surface area contributed by atoms with Gasteiger partial charge in [0, 0.05) is 57.9 Å². The van der Waals surface area contributed by atoms with Gasteiger partial charge in [0.2, 0.25) is 0 Å². The first-order valence-corrected chi connectivity index (χ1v) is 27.5. The number of rotatable bonds is 4. The number of thiophene rings is 2. The van der Waals surface area contributed by atoms with Crippen LogP contribution in [0.2, 0.25) is 0 Å². The number of benzene rings is 6. The van der Waals surface area contributed by atoms with E-state index in [0.29, 0.717) is 10.8 Å². The topological polar surface area (TPSA) is 38.0 Å². The summed E-state index contributed by atoms with van der Waals surface area (Å²) in [6.45, 7) is 32.6. The minimum absolute atomic E-state index is 0.106. The Balaban J connectivity index is 0.000000154. The zero-order valence-corrected chi connectivity index (χ0v) is 47.0. The lowest BCUT2D eigenvalue weighted by Gasteiger charge is -2.41. The van der Waals surface area contributed by atoms with E-state index >= 15 is 0 Å². The van der Waals surface area contributed by atoms with Gasteiger partial charge in [0.15, 0.2) is 0 Å². The Morgan fingerprint density at radius 3 is 1.36 bits per heavy atom. The molecule has 0 bridgehead atoms. The van der Waals surface area contributed by atoms with Crippen molar-refractivity contribution in [2.24, 2.45) is 0 Å². The number of nitrogens with two attached hydrogens (primary N) is 1. The van der Waals surface area contributed by atoms with Crippen LogP contribution < -0.4 is 11.1 Å². The number of halogens is 1. The van der Waals surface area contributed by atoms with Crippen LogP contribution in [0, 0.1) is 0 Å². The molecule has 360 valence electrons. The summed E-state index contributed by atoms with van der Waals surface area (Å²) < 4.78 is 4.02. The molecule has 10 rings (SSSR count). The largest absolute Gasteiger partial charge is 0.398 e. The second-order valence-electron chi connectivity index (χ2n) is 24.5. The van der Waals surface area contributed by atoms with E-state index in [1.54, 1.807) is 11.1 Å². The first kappa shape index (κ1) is 50.7. The van der Waals surface area contributed by atoms with Gasteiger partial charge in [-0.15, -0.1) is 22.7 Å². The molecule has 0 unspecified atom stereocenters. The zero-order chi connectivity index (χ0) is 49.9. The van der Waals surface area contributed by atoms with Crippen molar-refractivity contribution in [3.8, 4) is 22.3 Å². The van der Waals surface area contributed by atoms with Crippen molar-refractivity contribution in [1.29, 1.82) is 0 Å². The Labute approximate surface area is 431 Å². The Morgan fingerprint density at radius 2 is 0.870 bits per heavy atom. The van der Waals surface area contributed by atoms with Crippen molar-refractivity contribution in [2.45, 2.75) is 155 Å². The highest BCUT2D eigenvalue weighted by atomic mass is 79.9. The highest BCUT2D eigenvalue weighted by molar-refractivity contribution is 9.10. The highest BCUT2D eigenvalue weighted by Crippen LogP contribution is 2.51. The molecule has 0 aliphatic heterocycles. The van der Waals surface area contributed by atoms with E-state index in [1.807, 2.05) is 46.9 Å². The van der Waals surface area contributed by atoms with Crippen molar-refractivity contribution in [2.75, 3.05) is 11.1 Å². The molecule has 8 aromatic rings. The Morgan fingerprint density at radius 1 is 0.464 bits per heavy atom. The summed E-state index contributed by atoms with van der Waals surface area (Å²) in [4.78, 5) is 0. The molecule has 5 heteroatoms. The second kappa shape index (κ2) is 18.8. The van der Waals surface area contributed by atoms with Crippen molar-refractivity contribution < 1.29 is 0 Å². The van der Waals surface area contributed by atoms with Crippen molar-refractivity contribution in [3.05, 3.63) is 170 Å². The Hall–Kier alpha value is -4.68. The average molecular weight is 1020 g/mol. The fourth-order valence-electron chi connectivity index (χ4n) is 10.3. The van der Waals surface area contributed by atoms with Gasteiger partial charge < -0.3 is 11.1 Å². The van der Waals surface area contributed by atoms with Crippen LogP contribution in [0.3, 0.4) is 0 Å². The van der Waals surface area contributed by atoms with Crippen LogP contribution in [0.5, 0.6) is 0 Å². The van der Waals surface area contributed by atoms with Gasteiger partial charge in [0.25, 0.3) is 0 Å². The lowest BCUT2D eigenvalue weighted by Crippen LogP contribution is -2.33. The summed E-state index contributed by atoms with van der Waals surface area (Å²) >= 11 is 7.37. The van der Waals surface area contributed by atoms with Crippen LogP contribution in [-0.2, 0) is 32.5 Å². The maximum absolute atomic E-state index is 6.06. The normalized spacial score (nSPS) is 16.6. The monoisotopic (exact) mass is 1010 g/mol. The van der Waals surface area contributed by atoms with Gasteiger partial charge in [0.1, 0.15) is 0 Å². The molecule has 0 radical (unpaired) electrons. The van der Waals surface area contributed by atoms with Crippen LogP contribution in [-0.4, -0.2) is 0 Å². The molecular formula is C64H75BrN2S2. The summed E-state index contributed by atoms with van der Waals surface area (Å²) in [5.74, 6) is 0. The van der Waals surface area contributed by atoms with E-state index < -0.39 is 0 Å². The van der Waals surface area contributed by atoms with Gasteiger partial charge in [-0.25, -0.2) is 0 Å². The highest BCUT2D eigenvalue weighted by Gasteiger charge is 2.39. The number of nitrogen functional groups attached to an aromatic ring is 1. The van der Waals surface area contributed by atoms with Gasteiger partial charge in [-0.1, -0.05) is 170 Å². The summed E-state index contributed by atoms with van der Waals surface area (Å²) in [7, 11) is 0. The Bertz CT molecular complexity index is 3110. The van der Waals surface area contributed by atoms with E-state index in [4.69, 9.17) is 5.73 Å². The van der Waals surface area contributed by atoms with Crippen LogP contribution in [0.25, 0.3) is 42.4 Å². The van der Waals surface area contributed by atoms with E-state index in [2.05, 4.69) is 226 Å². The maximum atomic E-state index is 6.06. The first-order valence-electron chi connectivity index (χ1n) is 25.0. The quantitative estimate of drug-likeness (QED) is 0.172. The molecule has 6 aromatic carbocycles. The summed E-state index contributed by atoms with van der Waals surface area (Å²) in [5.41, 5.74) is 24.2. The van der Waals surface area contributed by atoms with Crippen LogP contribution in [0.15, 0.2) is 137 Å². The van der Waals surface area contributed by atoms with Crippen LogP contribution in [0.1, 0.15) is 156 Å². The van der Waals surface area contributed by atoms with Gasteiger partial charge in [-0.3, -0.25) is 0 Å². The number of fused-ring (bicyclic) bond motifs is 4. The van der Waals surface area contributed by atoms with Gasteiger partial charge in [-0.2, -0.15) is 0 Å². The summed E-state index contributed by atoms with van der Waals surface area (Å²) in [5, 5.41) is 11.1. The number of anilines is 3. The SMILES string of the molecule is CC(C)(C)c1ccc(N)c(-c2ccccc2)c1.CC(C)(C)c1ccc(Nc2csc3cc4c(cc23)C(C)(C)CCC4(C)C)c(-c2ccccc2)c1.CC1(C)CCC(C)(C)c2cc3c(Br)csc3cc21. The maximum Gasteiger partial charge on any atom is 0.0573 e. The minimum atomic E-state index is 0.106. The van der Waals surface area contributed by atoms with Crippen LogP contribution >= 0.6 is 38.6 Å². The fourth-order valence-corrected chi connectivity index (χ4v) is 12.7. The molecule has 69 heavy (non-hydrogen) atoms. The smallest absolute Gasteiger partial charge is 0.0573 e. The molecule has 0 fully saturated rings. The molecule has 2 aliphatic carbocycles. The van der Waals surface area contributed by atoms with Gasteiger partial charge in [-0.05, 0) is 167 Å². The van der Waals surface area contributed by atoms with E-state index in [1.165, 1.54) is 95.0 Å². The second-order valence-corrected chi connectivity index (χ2v) is 27.2. The first-order chi connectivity index (χ1) is 32.2. The van der Waals surface area contributed by atoms with Gasteiger partial charge >= 0.3 is 0 Å². The molecule has 0 spiro atoms. The van der Waals surface area contributed by atoms with Crippen LogP contribution in [0.4, 0.5) is 17.1 Å². The third-order valence-electron chi connectivity index (χ3n) is 15.3. The van der Waals surface area contributed by atoms with Crippen molar-refractivity contribution >= 4 is 75.8 Å². The molecule has 0 atom stereocenters. The predicted octanol–water partition coefficient (Wildman–Crippen LogP) is 20.2. The molecule has 2 nitrogen and oxygen atoms in total. The molecular weight excluding hydrogens is 941 g/mol. The number of nitrogens with one attached hydrogen (secondary N) is 1. The number of hydrogen-bond donors (Lipinski definition) is 2.